The molecule has 3 N–H and O–H groups in total. The number of carbonyl (C=O) groups excluding carboxylic acids is 3. The number of hydrogen-bond donors (Lipinski definition) is 3. The van der Waals surface area contributed by atoms with Crippen LogP contribution in [-0.2, 0) is 9.53 Å². The van der Waals surface area contributed by atoms with E-state index >= 15 is 0 Å². The molecule has 2 aliphatic rings. The number of furan rings is 1. The van der Waals surface area contributed by atoms with Crippen LogP contribution in [0.2, 0.25) is 0 Å². The Hall–Kier alpha value is -3.79. The van der Waals surface area contributed by atoms with Crippen molar-refractivity contribution in [2.45, 2.75) is 38.8 Å². The Morgan fingerprint density at radius 1 is 1.17 bits per heavy atom. The number of hydrogen-bond acceptors (Lipinski definition) is 7. The Bertz CT molecular complexity index is 1130. The summed E-state index contributed by atoms with van der Waals surface area (Å²) >= 11 is 0. The maximum Gasteiger partial charge on any atom is 0.338 e. The number of esters is 1. The summed E-state index contributed by atoms with van der Waals surface area (Å²) in [5, 5.41) is 8.71. The number of piperidine rings is 1. The zero-order valence-corrected chi connectivity index (χ0v) is 20.8. The molecule has 0 bridgehead atoms. The molecule has 4 rings (SSSR count). The van der Waals surface area contributed by atoms with Gasteiger partial charge in [0, 0.05) is 36.9 Å². The van der Waals surface area contributed by atoms with Crippen molar-refractivity contribution in [2.75, 3.05) is 33.4 Å². The lowest BCUT2D eigenvalue weighted by atomic mass is 9.94. The van der Waals surface area contributed by atoms with Gasteiger partial charge in [0.1, 0.15) is 5.75 Å². The summed E-state index contributed by atoms with van der Waals surface area (Å²) in [5.41, 5.74) is 2.45. The van der Waals surface area contributed by atoms with Crippen molar-refractivity contribution in [1.82, 2.24) is 20.9 Å². The number of carbonyl (C=O) groups is 3. The largest absolute Gasteiger partial charge is 0.497 e. The average Bonchev–Trinajstić information content (AvgIpc) is 3.31. The van der Waals surface area contributed by atoms with Crippen LogP contribution in [-0.4, -0.2) is 62.2 Å². The highest BCUT2D eigenvalue weighted by molar-refractivity contribution is 5.95. The Labute approximate surface area is 210 Å². The molecule has 1 fully saturated rings. The molecule has 1 atom stereocenters. The van der Waals surface area contributed by atoms with E-state index in [1.54, 1.807) is 32.2 Å². The third-order valence-corrected chi connectivity index (χ3v) is 6.47. The van der Waals surface area contributed by atoms with Crippen LogP contribution >= 0.6 is 0 Å². The molecule has 2 aromatic rings. The summed E-state index contributed by atoms with van der Waals surface area (Å²) in [6, 6.07) is 7.97. The molecule has 0 saturated carbocycles. The highest BCUT2D eigenvalue weighted by Gasteiger charge is 2.35. The van der Waals surface area contributed by atoms with Crippen LogP contribution in [0.15, 0.2) is 52.3 Å². The molecular weight excluding hydrogens is 464 g/mol. The van der Waals surface area contributed by atoms with Crippen molar-refractivity contribution < 1.29 is 28.3 Å². The van der Waals surface area contributed by atoms with E-state index in [0.29, 0.717) is 42.4 Å². The van der Waals surface area contributed by atoms with Gasteiger partial charge < -0.3 is 29.8 Å². The molecular formula is C26H32N4O6. The molecule has 192 valence electrons. The van der Waals surface area contributed by atoms with Gasteiger partial charge in [-0.15, -0.1) is 0 Å². The van der Waals surface area contributed by atoms with Crippen LogP contribution in [0.25, 0.3) is 0 Å². The Balaban J connectivity index is 1.48. The minimum absolute atomic E-state index is 0.0198. The molecule has 0 aliphatic carbocycles. The van der Waals surface area contributed by atoms with Crippen LogP contribution in [0.3, 0.4) is 0 Å². The summed E-state index contributed by atoms with van der Waals surface area (Å²) in [4.78, 5) is 40.2. The summed E-state index contributed by atoms with van der Waals surface area (Å²) in [5.74, 6) is 0.328. The summed E-state index contributed by atoms with van der Waals surface area (Å²) in [6.07, 6.45) is 2.98. The van der Waals surface area contributed by atoms with Gasteiger partial charge in [-0.2, -0.15) is 0 Å². The van der Waals surface area contributed by atoms with E-state index in [9.17, 15) is 14.4 Å². The van der Waals surface area contributed by atoms with Crippen molar-refractivity contribution >= 4 is 17.9 Å². The number of nitrogens with one attached hydrogen (secondary N) is 3. The van der Waals surface area contributed by atoms with Gasteiger partial charge in [0.15, 0.2) is 5.76 Å². The van der Waals surface area contributed by atoms with Gasteiger partial charge in [-0.05, 0) is 50.5 Å². The average molecular weight is 497 g/mol. The van der Waals surface area contributed by atoms with Gasteiger partial charge in [0.25, 0.3) is 5.91 Å². The normalized spacial score (nSPS) is 18.9. The van der Waals surface area contributed by atoms with Crippen LogP contribution in [0, 0.1) is 6.92 Å². The van der Waals surface area contributed by atoms with E-state index < -0.39 is 12.0 Å². The van der Waals surface area contributed by atoms with Crippen molar-refractivity contribution in [1.29, 1.82) is 0 Å². The van der Waals surface area contributed by atoms with Crippen LogP contribution in [0.1, 0.15) is 47.5 Å². The molecule has 36 heavy (non-hydrogen) atoms. The molecule has 0 radical (unpaired) electrons. The fourth-order valence-corrected chi connectivity index (χ4v) is 4.55. The number of benzene rings is 1. The molecule has 3 heterocycles. The number of urea groups is 1. The van der Waals surface area contributed by atoms with Crippen molar-refractivity contribution in [3.8, 4) is 5.75 Å². The van der Waals surface area contributed by atoms with Crippen LogP contribution in [0.5, 0.6) is 5.75 Å². The highest BCUT2D eigenvalue weighted by Crippen LogP contribution is 2.30. The molecule has 1 saturated heterocycles. The predicted octanol–water partition coefficient (Wildman–Crippen LogP) is 2.66. The first kappa shape index (κ1) is 25.3. The van der Waals surface area contributed by atoms with Gasteiger partial charge in [0.05, 0.1) is 31.6 Å². The van der Waals surface area contributed by atoms with Crippen molar-refractivity contribution in [3.05, 3.63) is 64.8 Å². The van der Waals surface area contributed by atoms with Crippen LogP contribution in [0.4, 0.5) is 4.79 Å². The monoisotopic (exact) mass is 496 g/mol. The lowest BCUT2D eigenvalue weighted by Crippen LogP contribution is -2.50. The van der Waals surface area contributed by atoms with E-state index in [1.165, 1.54) is 6.26 Å². The number of methoxy groups -OCH3 is 1. The third kappa shape index (κ3) is 5.71. The SMILES string of the molecule is CCOC(=O)C1=C(CN2CCC(NC(=O)c3occc3C)CC2)NC(=O)NC1c1ccc(OC)cc1. The lowest BCUT2D eigenvalue weighted by molar-refractivity contribution is -0.139. The zero-order chi connectivity index (χ0) is 25.7. The first-order chi connectivity index (χ1) is 17.4. The Morgan fingerprint density at radius 2 is 1.89 bits per heavy atom. The molecule has 1 aromatic carbocycles. The topological polar surface area (TPSA) is 122 Å². The number of ether oxygens (including phenoxy) is 2. The van der Waals surface area contributed by atoms with Gasteiger partial charge in [0.2, 0.25) is 0 Å². The standard InChI is InChI=1S/C26H32N4O6/c1-4-35-25(32)21-20(28-26(33)29-22(21)17-5-7-19(34-3)8-6-17)15-30-12-9-18(10-13-30)27-24(31)23-16(2)11-14-36-23/h5-8,11,14,18,22H,4,9-10,12-13,15H2,1-3H3,(H,27,31)(H2,28,29,33). The molecule has 10 nitrogen and oxygen atoms in total. The third-order valence-electron chi connectivity index (χ3n) is 6.47. The van der Waals surface area contributed by atoms with E-state index in [4.69, 9.17) is 13.9 Å². The molecule has 10 heteroatoms. The summed E-state index contributed by atoms with van der Waals surface area (Å²) < 4.78 is 15.9. The second-order valence-electron chi connectivity index (χ2n) is 8.87. The molecule has 1 aromatic heterocycles. The number of rotatable bonds is 8. The minimum Gasteiger partial charge on any atom is -0.497 e. The summed E-state index contributed by atoms with van der Waals surface area (Å²) in [6.45, 7) is 5.57. The van der Waals surface area contributed by atoms with E-state index in [0.717, 1.165) is 24.0 Å². The first-order valence-electron chi connectivity index (χ1n) is 12.1. The molecule has 1 unspecified atom stereocenters. The second-order valence-corrected chi connectivity index (χ2v) is 8.87. The quantitative estimate of drug-likeness (QED) is 0.480. The summed E-state index contributed by atoms with van der Waals surface area (Å²) in [7, 11) is 1.58. The lowest BCUT2D eigenvalue weighted by Gasteiger charge is -2.35. The predicted molar refractivity (Wildman–Crippen MR) is 131 cm³/mol. The number of aryl methyl sites for hydroxylation is 1. The number of amides is 3. The highest BCUT2D eigenvalue weighted by atomic mass is 16.5. The molecule has 0 spiro atoms. The van der Waals surface area contributed by atoms with E-state index in [-0.39, 0.29) is 24.6 Å². The zero-order valence-electron chi connectivity index (χ0n) is 20.8. The number of nitrogens with zero attached hydrogens (tertiary/aromatic N) is 1. The molecule has 2 aliphatic heterocycles. The van der Waals surface area contributed by atoms with Gasteiger partial charge >= 0.3 is 12.0 Å². The van der Waals surface area contributed by atoms with E-state index in [1.807, 2.05) is 19.1 Å². The molecule has 3 amide bonds. The Morgan fingerprint density at radius 3 is 2.50 bits per heavy atom. The van der Waals surface area contributed by atoms with Gasteiger partial charge in [-0.25, -0.2) is 9.59 Å². The van der Waals surface area contributed by atoms with Gasteiger partial charge in [-0.3, -0.25) is 9.69 Å². The maximum atomic E-state index is 13.0. The minimum atomic E-state index is -0.646. The van der Waals surface area contributed by atoms with Crippen molar-refractivity contribution in [3.63, 3.8) is 0 Å². The fraction of sp³-hybridized carbons (Fsp3) is 0.423. The Kier molecular flexibility index (Phi) is 7.94. The number of likely N-dealkylation sites (tertiary alicyclic amines) is 1. The first-order valence-corrected chi connectivity index (χ1v) is 12.1. The fourth-order valence-electron chi connectivity index (χ4n) is 4.55. The smallest absolute Gasteiger partial charge is 0.338 e. The van der Waals surface area contributed by atoms with Crippen molar-refractivity contribution in [2.24, 2.45) is 0 Å². The van der Waals surface area contributed by atoms with Gasteiger partial charge in [-0.1, -0.05) is 12.1 Å². The van der Waals surface area contributed by atoms with Crippen LogP contribution < -0.4 is 20.7 Å². The van der Waals surface area contributed by atoms with E-state index in [2.05, 4.69) is 20.9 Å². The second kappa shape index (κ2) is 11.3. The maximum absolute atomic E-state index is 13.0.